The van der Waals surface area contributed by atoms with Gasteiger partial charge in [0.1, 0.15) is 0 Å². The van der Waals surface area contributed by atoms with Gasteiger partial charge in [0.25, 0.3) is 0 Å². The number of rotatable bonds is 4. The predicted molar refractivity (Wildman–Crippen MR) is 111 cm³/mol. The molecule has 0 bridgehead atoms. The number of aryl methyl sites for hydroxylation is 1. The molecule has 0 aromatic heterocycles. The number of benzene rings is 1. The summed E-state index contributed by atoms with van der Waals surface area (Å²) in [7, 11) is 0. The molecule has 0 radical (unpaired) electrons. The van der Waals surface area contributed by atoms with E-state index in [9.17, 15) is 4.79 Å². The quantitative estimate of drug-likeness (QED) is 0.706. The van der Waals surface area contributed by atoms with Crippen LogP contribution < -0.4 is 5.32 Å². The molecule has 2 unspecified atom stereocenters. The number of ketones is 1. The zero-order chi connectivity index (χ0) is 19.1. The van der Waals surface area contributed by atoms with Crippen molar-refractivity contribution in [1.82, 2.24) is 5.32 Å². The predicted octanol–water partition coefficient (Wildman–Crippen LogP) is 5.69. The molecule has 1 aliphatic heterocycles. The molecule has 1 aliphatic carbocycles. The maximum atomic E-state index is 13.3. The van der Waals surface area contributed by atoms with Gasteiger partial charge in [-0.1, -0.05) is 32.6 Å². The second-order valence-corrected chi connectivity index (χ2v) is 9.16. The lowest BCUT2D eigenvalue weighted by Crippen LogP contribution is -2.44. The van der Waals surface area contributed by atoms with Gasteiger partial charge in [0.05, 0.1) is 0 Å². The Labute approximate surface area is 158 Å². The van der Waals surface area contributed by atoms with Crippen LogP contribution in [0.5, 0.6) is 0 Å². The molecule has 1 N–H and O–H groups in total. The van der Waals surface area contributed by atoms with E-state index in [0.29, 0.717) is 11.7 Å². The Morgan fingerprint density at radius 2 is 2.12 bits per heavy atom. The smallest absolute Gasteiger partial charge is 0.163 e. The minimum Gasteiger partial charge on any atom is -0.379 e. The number of carbonyl (C=O) groups is 1. The van der Waals surface area contributed by atoms with Crippen LogP contribution in [-0.4, -0.2) is 11.3 Å². The van der Waals surface area contributed by atoms with Gasteiger partial charge < -0.3 is 5.32 Å². The molecule has 1 heterocycles. The van der Waals surface area contributed by atoms with Crippen molar-refractivity contribution in [2.45, 2.75) is 72.3 Å². The average Bonchev–Trinajstić information content (AvgIpc) is 2.96. The van der Waals surface area contributed by atoms with Crippen molar-refractivity contribution < 1.29 is 4.79 Å². The van der Waals surface area contributed by atoms with Gasteiger partial charge in [-0.15, -0.1) is 0 Å². The number of carbonyl (C=O) groups excluding carboxylic acids is 1. The first-order chi connectivity index (χ1) is 12.2. The highest BCUT2D eigenvalue weighted by atomic mass is 16.1. The van der Waals surface area contributed by atoms with Crippen LogP contribution in [-0.2, 0) is 11.2 Å². The molecule has 140 valence electrons. The van der Waals surface area contributed by atoms with Crippen molar-refractivity contribution in [3.05, 3.63) is 47.0 Å². The Morgan fingerprint density at radius 1 is 1.38 bits per heavy atom. The summed E-state index contributed by atoms with van der Waals surface area (Å²) >= 11 is 0. The minimum atomic E-state index is -0.165. The Bertz CT molecular complexity index is 771. The Kier molecular flexibility index (Phi) is 4.90. The van der Waals surface area contributed by atoms with Crippen LogP contribution >= 0.6 is 0 Å². The van der Waals surface area contributed by atoms with Crippen molar-refractivity contribution in [2.75, 3.05) is 0 Å². The van der Waals surface area contributed by atoms with Crippen LogP contribution in [0.4, 0.5) is 0 Å². The first-order valence-electron chi connectivity index (χ1n) is 10.0. The van der Waals surface area contributed by atoms with Crippen molar-refractivity contribution in [1.29, 1.82) is 0 Å². The summed E-state index contributed by atoms with van der Waals surface area (Å²) in [5.74, 6) is 0.951. The SMILES string of the molecule is C=Cc1cc2c(cc1C)CC(C)(C)N/C2=C\C(=O)C1(CC)CCC(C)C1. The standard InChI is InChI=1S/C24H33NO/c1-7-18-12-20-19(11-17(18)4)15-23(5,6)25-21(20)13-22(26)24(8-2)10-9-16(3)14-24/h7,11-13,16,25H,1,8-10,14-15H2,2-6H3/b21-13-. The maximum absolute atomic E-state index is 13.3. The van der Waals surface area contributed by atoms with E-state index in [2.05, 4.69) is 58.6 Å². The number of allylic oxidation sites excluding steroid dienone is 1. The molecule has 2 atom stereocenters. The second-order valence-electron chi connectivity index (χ2n) is 9.16. The van der Waals surface area contributed by atoms with E-state index in [1.165, 1.54) is 11.1 Å². The van der Waals surface area contributed by atoms with Gasteiger partial charge >= 0.3 is 0 Å². The molecule has 0 amide bonds. The van der Waals surface area contributed by atoms with E-state index in [-0.39, 0.29) is 11.0 Å². The van der Waals surface area contributed by atoms with E-state index in [4.69, 9.17) is 0 Å². The van der Waals surface area contributed by atoms with Gasteiger partial charge in [-0.05, 0) is 81.5 Å². The molecule has 1 aromatic rings. The maximum Gasteiger partial charge on any atom is 0.163 e. The molecule has 26 heavy (non-hydrogen) atoms. The van der Waals surface area contributed by atoms with Gasteiger partial charge in [-0.2, -0.15) is 0 Å². The third kappa shape index (κ3) is 3.39. The van der Waals surface area contributed by atoms with Gasteiger partial charge in [-0.25, -0.2) is 0 Å². The van der Waals surface area contributed by atoms with E-state index < -0.39 is 0 Å². The normalized spacial score (nSPS) is 28.5. The number of fused-ring (bicyclic) bond motifs is 1. The first-order valence-corrected chi connectivity index (χ1v) is 10.0. The van der Waals surface area contributed by atoms with Gasteiger partial charge in [0, 0.05) is 28.3 Å². The van der Waals surface area contributed by atoms with Crippen LogP contribution in [0.25, 0.3) is 11.8 Å². The third-order valence-electron chi connectivity index (χ3n) is 6.44. The lowest BCUT2D eigenvalue weighted by molar-refractivity contribution is -0.123. The van der Waals surface area contributed by atoms with Crippen molar-refractivity contribution in [3.63, 3.8) is 0 Å². The minimum absolute atomic E-state index is 0.0520. The summed E-state index contributed by atoms with van der Waals surface area (Å²) in [6.07, 6.45) is 8.91. The summed E-state index contributed by atoms with van der Waals surface area (Å²) in [5, 5.41) is 3.63. The highest BCUT2D eigenvalue weighted by molar-refractivity contribution is 6.01. The lowest BCUT2D eigenvalue weighted by Gasteiger charge is -2.36. The van der Waals surface area contributed by atoms with E-state index in [0.717, 1.165) is 48.9 Å². The fourth-order valence-corrected chi connectivity index (χ4v) is 4.86. The summed E-state index contributed by atoms with van der Waals surface area (Å²) in [5.41, 5.74) is 5.64. The van der Waals surface area contributed by atoms with Gasteiger partial charge in [0.2, 0.25) is 0 Å². The van der Waals surface area contributed by atoms with Crippen LogP contribution in [0, 0.1) is 18.3 Å². The zero-order valence-electron chi connectivity index (χ0n) is 17.0. The monoisotopic (exact) mass is 351 g/mol. The number of hydrogen-bond acceptors (Lipinski definition) is 2. The highest BCUT2D eigenvalue weighted by Gasteiger charge is 2.41. The molecule has 0 spiro atoms. The van der Waals surface area contributed by atoms with Gasteiger partial charge in [0.15, 0.2) is 5.78 Å². The largest absolute Gasteiger partial charge is 0.379 e. The van der Waals surface area contributed by atoms with Crippen molar-refractivity contribution in [2.24, 2.45) is 11.3 Å². The Balaban J connectivity index is 2.06. The van der Waals surface area contributed by atoms with Crippen LogP contribution in [0.15, 0.2) is 24.8 Å². The molecule has 0 saturated heterocycles. The molecule has 1 aromatic carbocycles. The van der Waals surface area contributed by atoms with E-state index in [1.807, 2.05) is 12.2 Å². The lowest BCUT2D eigenvalue weighted by atomic mass is 9.77. The fraction of sp³-hybridized carbons (Fsp3) is 0.542. The van der Waals surface area contributed by atoms with E-state index >= 15 is 0 Å². The number of nitrogens with one attached hydrogen (secondary N) is 1. The summed E-state index contributed by atoms with van der Waals surface area (Å²) in [4.78, 5) is 13.3. The van der Waals surface area contributed by atoms with Crippen LogP contribution in [0.1, 0.15) is 75.6 Å². The summed E-state index contributed by atoms with van der Waals surface area (Å²) < 4.78 is 0. The summed E-state index contributed by atoms with van der Waals surface area (Å²) in [6, 6.07) is 4.45. The van der Waals surface area contributed by atoms with Crippen molar-refractivity contribution in [3.8, 4) is 0 Å². The first kappa shape index (κ1) is 18.9. The van der Waals surface area contributed by atoms with Crippen molar-refractivity contribution >= 4 is 17.6 Å². The molecule has 3 rings (SSSR count). The highest BCUT2D eigenvalue weighted by Crippen LogP contribution is 2.45. The Hall–Kier alpha value is -1.83. The van der Waals surface area contributed by atoms with E-state index in [1.54, 1.807) is 0 Å². The molecule has 2 nitrogen and oxygen atoms in total. The molecule has 2 aliphatic rings. The topological polar surface area (TPSA) is 29.1 Å². The fourth-order valence-electron chi connectivity index (χ4n) is 4.86. The average molecular weight is 352 g/mol. The summed E-state index contributed by atoms with van der Waals surface area (Å²) in [6.45, 7) is 14.9. The number of hydrogen-bond donors (Lipinski definition) is 1. The van der Waals surface area contributed by atoms with Gasteiger partial charge in [-0.3, -0.25) is 4.79 Å². The molecule has 1 saturated carbocycles. The van der Waals surface area contributed by atoms with Crippen LogP contribution in [0.2, 0.25) is 0 Å². The third-order valence-corrected chi connectivity index (χ3v) is 6.44. The molecular weight excluding hydrogens is 318 g/mol. The van der Waals surface area contributed by atoms with Crippen LogP contribution in [0.3, 0.4) is 0 Å². The Morgan fingerprint density at radius 3 is 2.69 bits per heavy atom. The zero-order valence-corrected chi connectivity index (χ0v) is 17.0. The second kappa shape index (κ2) is 6.72. The molecular formula is C24H33NO. The molecule has 2 heteroatoms. The molecule has 1 fully saturated rings.